The third-order valence-electron chi connectivity index (χ3n) is 6.18. The highest BCUT2D eigenvalue weighted by Crippen LogP contribution is 2.51. The predicted molar refractivity (Wildman–Crippen MR) is 92.1 cm³/mol. The summed E-state index contributed by atoms with van der Waals surface area (Å²) in [6.45, 7) is 7.04. The van der Waals surface area contributed by atoms with Gasteiger partial charge in [-0.2, -0.15) is 0 Å². The summed E-state index contributed by atoms with van der Waals surface area (Å²) in [5.74, 6) is -0.804. The first-order valence-corrected chi connectivity index (χ1v) is 9.24. The summed E-state index contributed by atoms with van der Waals surface area (Å²) in [6, 6.07) is 8.71. The van der Waals surface area contributed by atoms with Crippen LogP contribution in [0.1, 0.15) is 88.7 Å². The highest BCUT2D eigenvalue weighted by Gasteiger charge is 2.40. The zero-order valence-electron chi connectivity index (χ0n) is 14.7. The summed E-state index contributed by atoms with van der Waals surface area (Å²) in [5, 5.41) is 0. The lowest BCUT2D eigenvalue weighted by Crippen LogP contribution is -2.26. The number of hydrogen-bond acceptors (Lipinski definition) is 0. The standard InChI is InChI=1S/C21H30F2/c1-20(2,3)19-10-6-9-18(19)17-8-5-4-7-16(17)15-11-13-21(22,23)14-12-15/h4-5,7-8,15,18-19H,6,9-14H2,1-3H3/t18-,19?/m0/s1. The minimum absolute atomic E-state index is 0.0549. The molecule has 3 rings (SSSR count). The van der Waals surface area contributed by atoms with Gasteiger partial charge in [-0.15, -0.1) is 0 Å². The van der Waals surface area contributed by atoms with Crippen LogP contribution in [0.4, 0.5) is 8.78 Å². The number of rotatable bonds is 2. The van der Waals surface area contributed by atoms with E-state index >= 15 is 0 Å². The van der Waals surface area contributed by atoms with Crippen molar-refractivity contribution in [3.8, 4) is 0 Å². The summed E-state index contributed by atoms with van der Waals surface area (Å²) in [7, 11) is 0. The lowest BCUT2D eigenvalue weighted by Gasteiger charge is -2.35. The average Bonchev–Trinajstić information content (AvgIpc) is 2.97. The highest BCUT2D eigenvalue weighted by molar-refractivity contribution is 5.35. The van der Waals surface area contributed by atoms with Gasteiger partial charge in [0.05, 0.1) is 0 Å². The van der Waals surface area contributed by atoms with Crippen LogP contribution in [0.15, 0.2) is 24.3 Å². The van der Waals surface area contributed by atoms with Gasteiger partial charge in [0.25, 0.3) is 0 Å². The SMILES string of the molecule is CC(C)(C)C1CCC[C@H]1c1ccccc1C1CCC(F)(F)CC1. The normalized spacial score (nSPS) is 28.9. The van der Waals surface area contributed by atoms with Crippen LogP contribution in [0, 0.1) is 11.3 Å². The predicted octanol–water partition coefficient (Wildman–Crippen LogP) is 6.91. The maximum absolute atomic E-state index is 13.5. The maximum Gasteiger partial charge on any atom is 0.248 e. The minimum Gasteiger partial charge on any atom is -0.207 e. The van der Waals surface area contributed by atoms with Crippen molar-refractivity contribution in [1.82, 2.24) is 0 Å². The van der Waals surface area contributed by atoms with Gasteiger partial charge in [-0.25, -0.2) is 8.78 Å². The molecule has 2 heteroatoms. The number of benzene rings is 1. The van der Waals surface area contributed by atoms with Gasteiger partial charge >= 0.3 is 0 Å². The largest absolute Gasteiger partial charge is 0.248 e. The van der Waals surface area contributed by atoms with Gasteiger partial charge < -0.3 is 0 Å². The molecular weight excluding hydrogens is 290 g/mol. The van der Waals surface area contributed by atoms with Crippen molar-refractivity contribution in [2.24, 2.45) is 11.3 Å². The summed E-state index contributed by atoms with van der Waals surface area (Å²) in [5.41, 5.74) is 3.14. The molecule has 0 saturated heterocycles. The Balaban J connectivity index is 1.87. The molecule has 128 valence electrons. The van der Waals surface area contributed by atoms with E-state index in [-0.39, 0.29) is 12.8 Å². The number of halogens is 2. The van der Waals surface area contributed by atoms with Crippen LogP contribution in [0.5, 0.6) is 0 Å². The molecule has 1 aromatic carbocycles. The molecular formula is C21H30F2. The Bertz CT molecular complexity index is 531. The van der Waals surface area contributed by atoms with Gasteiger partial charge in [0.1, 0.15) is 0 Å². The second-order valence-electron chi connectivity index (χ2n) is 8.77. The van der Waals surface area contributed by atoms with Gasteiger partial charge in [-0.1, -0.05) is 51.5 Å². The van der Waals surface area contributed by atoms with E-state index in [2.05, 4.69) is 45.0 Å². The van der Waals surface area contributed by atoms with Crippen molar-refractivity contribution in [2.75, 3.05) is 0 Å². The van der Waals surface area contributed by atoms with E-state index in [1.165, 1.54) is 30.4 Å². The fourth-order valence-corrected chi connectivity index (χ4v) is 4.94. The van der Waals surface area contributed by atoms with Gasteiger partial charge in [0, 0.05) is 12.8 Å². The fourth-order valence-electron chi connectivity index (χ4n) is 4.94. The van der Waals surface area contributed by atoms with Crippen LogP contribution in [0.25, 0.3) is 0 Å². The van der Waals surface area contributed by atoms with Crippen molar-refractivity contribution >= 4 is 0 Å². The molecule has 0 spiro atoms. The topological polar surface area (TPSA) is 0 Å². The first-order valence-electron chi connectivity index (χ1n) is 9.24. The molecule has 2 atom stereocenters. The average molecular weight is 320 g/mol. The van der Waals surface area contributed by atoms with Crippen molar-refractivity contribution in [3.63, 3.8) is 0 Å². The van der Waals surface area contributed by atoms with Gasteiger partial charge in [0.15, 0.2) is 0 Å². The van der Waals surface area contributed by atoms with Crippen LogP contribution in [-0.2, 0) is 0 Å². The molecule has 0 nitrogen and oxygen atoms in total. The Hall–Kier alpha value is -0.920. The van der Waals surface area contributed by atoms with E-state index < -0.39 is 5.92 Å². The Kier molecular flexibility index (Phi) is 4.55. The summed E-state index contributed by atoms with van der Waals surface area (Å²) >= 11 is 0. The van der Waals surface area contributed by atoms with Crippen molar-refractivity contribution in [1.29, 1.82) is 0 Å². The third kappa shape index (κ3) is 3.61. The molecule has 0 radical (unpaired) electrons. The van der Waals surface area contributed by atoms with Crippen molar-refractivity contribution in [2.45, 2.75) is 83.5 Å². The van der Waals surface area contributed by atoms with Crippen LogP contribution in [0.2, 0.25) is 0 Å². The van der Waals surface area contributed by atoms with Crippen LogP contribution in [0.3, 0.4) is 0 Å². The molecule has 2 aliphatic carbocycles. The van der Waals surface area contributed by atoms with E-state index in [4.69, 9.17) is 0 Å². The minimum atomic E-state index is -2.44. The summed E-state index contributed by atoms with van der Waals surface area (Å²) in [6.07, 6.45) is 5.23. The second-order valence-corrected chi connectivity index (χ2v) is 8.77. The number of hydrogen-bond donors (Lipinski definition) is 0. The molecule has 2 saturated carbocycles. The molecule has 0 aliphatic heterocycles. The first kappa shape index (κ1) is 16.9. The Morgan fingerprint density at radius 1 is 0.913 bits per heavy atom. The van der Waals surface area contributed by atoms with Crippen LogP contribution >= 0.6 is 0 Å². The van der Waals surface area contributed by atoms with Crippen LogP contribution < -0.4 is 0 Å². The zero-order chi connectivity index (χ0) is 16.7. The monoisotopic (exact) mass is 320 g/mol. The molecule has 1 unspecified atom stereocenters. The molecule has 0 N–H and O–H groups in total. The Labute approximate surface area is 139 Å². The van der Waals surface area contributed by atoms with Crippen molar-refractivity contribution < 1.29 is 8.78 Å². The quantitative estimate of drug-likeness (QED) is 0.555. The molecule has 23 heavy (non-hydrogen) atoms. The van der Waals surface area contributed by atoms with E-state index in [0.29, 0.717) is 36.0 Å². The molecule has 0 heterocycles. The van der Waals surface area contributed by atoms with E-state index in [9.17, 15) is 8.78 Å². The molecule has 0 amide bonds. The van der Waals surface area contributed by atoms with Crippen molar-refractivity contribution in [3.05, 3.63) is 35.4 Å². The Morgan fingerprint density at radius 3 is 2.13 bits per heavy atom. The van der Waals surface area contributed by atoms with Crippen LogP contribution in [-0.4, -0.2) is 5.92 Å². The van der Waals surface area contributed by atoms with Gasteiger partial charge in [0.2, 0.25) is 5.92 Å². The smallest absolute Gasteiger partial charge is 0.207 e. The lowest BCUT2D eigenvalue weighted by molar-refractivity contribution is -0.0383. The molecule has 2 fully saturated rings. The number of alkyl halides is 2. The molecule has 0 aromatic heterocycles. The Morgan fingerprint density at radius 2 is 1.52 bits per heavy atom. The summed E-state index contributed by atoms with van der Waals surface area (Å²) in [4.78, 5) is 0. The molecule has 1 aromatic rings. The van der Waals surface area contributed by atoms with Gasteiger partial charge in [-0.05, 0) is 60.0 Å². The maximum atomic E-state index is 13.5. The zero-order valence-corrected chi connectivity index (χ0v) is 14.7. The second kappa shape index (κ2) is 6.18. The van der Waals surface area contributed by atoms with E-state index in [1.807, 2.05) is 0 Å². The van der Waals surface area contributed by atoms with Gasteiger partial charge in [-0.3, -0.25) is 0 Å². The first-order chi connectivity index (χ1) is 10.8. The van der Waals surface area contributed by atoms with E-state index in [1.54, 1.807) is 0 Å². The summed E-state index contributed by atoms with van der Waals surface area (Å²) < 4.78 is 27.0. The van der Waals surface area contributed by atoms with E-state index in [0.717, 1.165) is 0 Å². The molecule has 2 aliphatic rings. The highest BCUT2D eigenvalue weighted by atomic mass is 19.3. The lowest BCUT2D eigenvalue weighted by atomic mass is 9.70. The third-order valence-corrected chi connectivity index (χ3v) is 6.18. The molecule has 0 bridgehead atoms. The fraction of sp³-hybridized carbons (Fsp3) is 0.714.